The Morgan fingerprint density at radius 3 is 2.38 bits per heavy atom. The Morgan fingerprint density at radius 1 is 1.12 bits per heavy atom. The molecule has 1 saturated heterocycles. The van der Waals surface area contributed by atoms with Crippen LogP contribution in [-0.4, -0.2) is 63.7 Å². The van der Waals surface area contributed by atoms with Gasteiger partial charge in [0.1, 0.15) is 10.6 Å². The molecule has 1 aliphatic rings. The molecule has 1 heterocycles. The van der Waals surface area contributed by atoms with E-state index in [-0.39, 0.29) is 46.6 Å². The lowest BCUT2D eigenvalue weighted by atomic mass is 10.2. The van der Waals surface area contributed by atoms with E-state index in [1.54, 1.807) is 24.0 Å². The second kappa shape index (κ2) is 11.2. The van der Waals surface area contributed by atoms with E-state index >= 15 is 0 Å². The molecule has 34 heavy (non-hydrogen) atoms. The molecule has 2 atom stereocenters. The Balaban J connectivity index is 1.62. The molecule has 1 aliphatic heterocycles. The van der Waals surface area contributed by atoms with Crippen molar-refractivity contribution >= 4 is 43.5 Å². The summed E-state index contributed by atoms with van der Waals surface area (Å²) in [4.78, 5) is 26.3. The standard InChI is InChI=1S/C23H27BrN2O7S/c1-4-31-20-10-7-18(24)11-21(20)34(29,30)25-19-8-5-17(6-9-19)23(28)32-14-22(27)26-12-15(2)33-16(3)13-26/h5-11,15-16,25H,4,12-14H2,1-3H3/t15-,16-/m0/s1. The highest BCUT2D eigenvalue weighted by molar-refractivity contribution is 9.10. The Bertz CT molecular complexity index is 1130. The number of carbonyl (C=O) groups is 2. The van der Waals surface area contributed by atoms with Crippen LogP contribution in [0.4, 0.5) is 5.69 Å². The van der Waals surface area contributed by atoms with Crippen LogP contribution in [0.15, 0.2) is 51.8 Å². The fraction of sp³-hybridized carbons (Fsp3) is 0.391. The first-order valence-corrected chi connectivity index (χ1v) is 13.0. The second-order valence-corrected chi connectivity index (χ2v) is 10.4. The van der Waals surface area contributed by atoms with E-state index in [0.717, 1.165) is 0 Å². The van der Waals surface area contributed by atoms with Crippen LogP contribution in [-0.2, 0) is 24.3 Å². The van der Waals surface area contributed by atoms with Crippen LogP contribution in [0.1, 0.15) is 31.1 Å². The summed E-state index contributed by atoms with van der Waals surface area (Å²) in [5, 5.41) is 0. The van der Waals surface area contributed by atoms with Gasteiger partial charge in [-0.2, -0.15) is 0 Å². The molecule has 1 N–H and O–H groups in total. The number of sulfonamides is 1. The average molecular weight is 555 g/mol. The number of carbonyl (C=O) groups excluding carboxylic acids is 2. The first-order chi connectivity index (χ1) is 16.1. The zero-order valence-electron chi connectivity index (χ0n) is 19.1. The number of hydrogen-bond acceptors (Lipinski definition) is 7. The molecule has 0 bridgehead atoms. The van der Waals surface area contributed by atoms with E-state index in [0.29, 0.717) is 24.2 Å². The molecule has 1 amide bonds. The maximum Gasteiger partial charge on any atom is 0.338 e. The summed E-state index contributed by atoms with van der Waals surface area (Å²) in [6.07, 6.45) is -0.164. The van der Waals surface area contributed by atoms with Crippen molar-refractivity contribution in [1.82, 2.24) is 4.90 Å². The molecule has 0 aliphatic carbocycles. The predicted octanol–water partition coefficient (Wildman–Crippen LogP) is 3.44. The largest absolute Gasteiger partial charge is 0.492 e. The number of ether oxygens (including phenoxy) is 3. The van der Waals surface area contributed by atoms with E-state index in [1.165, 1.54) is 30.3 Å². The van der Waals surface area contributed by atoms with E-state index < -0.39 is 16.0 Å². The van der Waals surface area contributed by atoms with Crippen LogP contribution < -0.4 is 9.46 Å². The zero-order chi connectivity index (χ0) is 24.9. The molecule has 2 aromatic rings. The second-order valence-electron chi connectivity index (χ2n) is 7.84. The molecule has 0 aromatic heterocycles. The minimum atomic E-state index is -3.95. The normalized spacial score (nSPS) is 18.3. The van der Waals surface area contributed by atoms with Crippen LogP contribution >= 0.6 is 15.9 Å². The van der Waals surface area contributed by atoms with Gasteiger partial charge >= 0.3 is 5.97 Å². The van der Waals surface area contributed by atoms with E-state index in [1.807, 2.05) is 13.8 Å². The lowest BCUT2D eigenvalue weighted by Crippen LogP contribution is -2.49. The molecule has 0 unspecified atom stereocenters. The maximum atomic E-state index is 12.9. The highest BCUT2D eigenvalue weighted by Gasteiger charge is 2.26. The number of rotatable bonds is 8. The van der Waals surface area contributed by atoms with Crippen LogP contribution in [0, 0.1) is 0 Å². The van der Waals surface area contributed by atoms with E-state index in [2.05, 4.69) is 20.7 Å². The van der Waals surface area contributed by atoms with Gasteiger partial charge in [0.25, 0.3) is 15.9 Å². The summed E-state index contributed by atoms with van der Waals surface area (Å²) in [6.45, 7) is 6.34. The molecule has 0 radical (unpaired) electrons. The molecule has 0 spiro atoms. The summed E-state index contributed by atoms with van der Waals surface area (Å²) >= 11 is 3.27. The van der Waals surface area contributed by atoms with Gasteiger partial charge in [0, 0.05) is 23.2 Å². The fourth-order valence-electron chi connectivity index (χ4n) is 3.53. The number of amides is 1. The maximum absolute atomic E-state index is 12.9. The molecule has 9 nitrogen and oxygen atoms in total. The van der Waals surface area contributed by atoms with Crippen molar-refractivity contribution in [3.05, 3.63) is 52.5 Å². The van der Waals surface area contributed by atoms with Crippen LogP contribution in [0.25, 0.3) is 0 Å². The van der Waals surface area contributed by atoms with Gasteiger partial charge in [-0.15, -0.1) is 0 Å². The first kappa shape index (κ1) is 26.0. The highest BCUT2D eigenvalue weighted by atomic mass is 79.9. The monoisotopic (exact) mass is 554 g/mol. The highest BCUT2D eigenvalue weighted by Crippen LogP contribution is 2.29. The summed E-state index contributed by atoms with van der Waals surface area (Å²) in [7, 11) is -3.95. The number of nitrogens with one attached hydrogen (secondary N) is 1. The molecule has 184 valence electrons. The third-order valence-electron chi connectivity index (χ3n) is 4.97. The molecule has 2 aromatic carbocycles. The van der Waals surface area contributed by atoms with Gasteiger partial charge in [-0.25, -0.2) is 13.2 Å². The van der Waals surface area contributed by atoms with Crippen molar-refractivity contribution in [2.45, 2.75) is 37.9 Å². The first-order valence-electron chi connectivity index (χ1n) is 10.7. The van der Waals surface area contributed by atoms with E-state index in [4.69, 9.17) is 14.2 Å². The Kier molecular flexibility index (Phi) is 8.56. The summed E-state index contributed by atoms with van der Waals surface area (Å²) in [5.41, 5.74) is 0.447. The quantitative estimate of drug-likeness (QED) is 0.497. The van der Waals surface area contributed by atoms with Gasteiger partial charge < -0.3 is 19.1 Å². The van der Waals surface area contributed by atoms with E-state index in [9.17, 15) is 18.0 Å². The number of benzene rings is 2. The summed E-state index contributed by atoms with van der Waals surface area (Å²) in [5.74, 6) is -0.742. The van der Waals surface area contributed by atoms with Crippen molar-refractivity contribution in [3.63, 3.8) is 0 Å². The lowest BCUT2D eigenvalue weighted by Gasteiger charge is -2.35. The van der Waals surface area contributed by atoms with Crippen LogP contribution in [0.2, 0.25) is 0 Å². The van der Waals surface area contributed by atoms with Gasteiger partial charge in [0.2, 0.25) is 0 Å². The summed E-state index contributed by atoms with van der Waals surface area (Å²) < 4.78 is 45.0. The molecule has 11 heteroatoms. The minimum absolute atomic E-state index is 0.0162. The van der Waals surface area contributed by atoms with Crippen LogP contribution in [0.3, 0.4) is 0 Å². The fourth-order valence-corrected chi connectivity index (χ4v) is 5.28. The van der Waals surface area contributed by atoms with Crippen molar-refractivity contribution in [1.29, 1.82) is 0 Å². The van der Waals surface area contributed by atoms with Gasteiger partial charge in [-0.3, -0.25) is 9.52 Å². The third-order valence-corrected chi connectivity index (χ3v) is 6.86. The van der Waals surface area contributed by atoms with Crippen molar-refractivity contribution < 1.29 is 32.2 Å². The van der Waals surface area contributed by atoms with Gasteiger partial charge in [0.05, 0.1) is 24.4 Å². The number of morpholine rings is 1. The average Bonchev–Trinajstić information content (AvgIpc) is 2.78. The molecular weight excluding hydrogens is 528 g/mol. The SMILES string of the molecule is CCOc1ccc(Br)cc1S(=O)(=O)Nc1ccc(C(=O)OCC(=O)N2C[C@H](C)O[C@@H](C)C2)cc1. The summed E-state index contributed by atoms with van der Waals surface area (Å²) in [6, 6.07) is 10.4. The molecule has 3 rings (SSSR count). The lowest BCUT2D eigenvalue weighted by molar-refractivity contribution is -0.146. The van der Waals surface area contributed by atoms with Crippen molar-refractivity contribution in [2.24, 2.45) is 0 Å². The number of anilines is 1. The topological polar surface area (TPSA) is 111 Å². The van der Waals surface area contributed by atoms with Crippen molar-refractivity contribution in [3.8, 4) is 5.75 Å². The van der Waals surface area contributed by atoms with Crippen molar-refractivity contribution in [2.75, 3.05) is 31.0 Å². The third kappa shape index (κ3) is 6.71. The zero-order valence-corrected chi connectivity index (χ0v) is 21.5. The number of hydrogen-bond donors (Lipinski definition) is 1. The predicted molar refractivity (Wildman–Crippen MR) is 129 cm³/mol. The van der Waals surface area contributed by atoms with Gasteiger partial charge in [-0.05, 0) is 63.2 Å². The number of halogens is 1. The number of nitrogens with zero attached hydrogens (tertiary/aromatic N) is 1. The van der Waals surface area contributed by atoms with Crippen LogP contribution in [0.5, 0.6) is 5.75 Å². The molecular formula is C23H27BrN2O7S. The molecule has 1 fully saturated rings. The smallest absolute Gasteiger partial charge is 0.338 e. The Morgan fingerprint density at radius 2 is 1.76 bits per heavy atom. The van der Waals surface area contributed by atoms with Gasteiger partial charge in [-0.1, -0.05) is 15.9 Å². The minimum Gasteiger partial charge on any atom is -0.492 e. The Hall–Kier alpha value is -2.63. The van der Waals surface area contributed by atoms with Gasteiger partial charge in [0.15, 0.2) is 6.61 Å². The number of esters is 1. The Labute approximate surface area is 207 Å². The molecule has 0 saturated carbocycles.